The zero-order valence-corrected chi connectivity index (χ0v) is 31.1. The molecule has 0 saturated heterocycles. The largest absolute Gasteiger partial charge is 0.456 e. The van der Waals surface area contributed by atoms with Crippen LogP contribution < -0.4 is 4.90 Å². The Labute approximate surface area is 330 Å². The van der Waals surface area contributed by atoms with Gasteiger partial charge in [-0.25, -0.2) is 0 Å². The summed E-state index contributed by atoms with van der Waals surface area (Å²) < 4.78 is 8.68. The van der Waals surface area contributed by atoms with Crippen LogP contribution in [0.2, 0.25) is 0 Å². The SMILES string of the molecule is c1ccc(-c2ccccc2N(c2ccc(-c3ccc4c(c3)oc3ccccc34)cc2)c2ccc3c4c(-c5ccccc5)cccc4n(-c4ccccc4)c3c2)cc1. The molecule has 11 aromatic rings. The Morgan fingerprint density at radius 3 is 1.74 bits per heavy atom. The first-order chi connectivity index (χ1) is 28.3. The quantitative estimate of drug-likeness (QED) is 0.163. The average Bonchev–Trinajstić information content (AvgIpc) is 3.83. The molecule has 0 atom stereocenters. The first-order valence-electron chi connectivity index (χ1n) is 19.4. The molecule has 2 heterocycles. The fourth-order valence-corrected chi connectivity index (χ4v) is 8.57. The highest BCUT2D eigenvalue weighted by Gasteiger charge is 2.21. The van der Waals surface area contributed by atoms with E-state index in [0.29, 0.717) is 0 Å². The summed E-state index contributed by atoms with van der Waals surface area (Å²) >= 11 is 0. The van der Waals surface area contributed by atoms with Gasteiger partial charge in [0.2, 0.25) is 0 Å². The van der Waals surface area contributed by atoms with E-state index in [4.69, 9.17) is 4.42 Å². The number of nitrogens with zero attached hydrogens (tertiary/aromatic N) is 2. The van der Waals surface area contributed by atoms with Gasteiger partial charge in [0.05, 0.1) is 16.7 Å². The molecule has 0 saturated carbocycles. The lowest BCUT2D eigenvalue weighted by Gasteiger charge is -2.28. The second-order valence-corrected chi connectivity index (χ2v) is 14.5. The van der Waals surface area contributed by atoms with Crippen LogP contribution in [0, 0.1) is 0 Å². The maximum absolute atomic E-state index is 6.27. The van der Waals surface area contributed by atoms with Gasteiger partial charge in [0.25, 0.3) is 0 Å². The minimum absolute atomic E-state index is 0.897. The molecule has 9 aromatic carbocycles. The van der Waals surface area contributed by atoms with Gasteiger partial charge in [0.15, 0.2) is 0 Å². The Morgan fingerprint density at radius 1 is 0.351 bits per heavy atom. The van der Waals surface area contributed by atoms with Crippen molar-refractivity contribution in [3.63, 3.8) is 0 Å². The molecule has 268 valence electrons. The van der Waals surface area contributed by atoms with Crippen LogP contribution in [-0.4, -0.2) is 4.57 Å². The number of hydrogen-bond donors (Lipinski definition) is 0. The van der Waals surface area contributed by atoms with Crippen LogP contribution in [0.1, 0.15) is 0 Å². The lowest BCUT2D eigenvalue weighted by Crippen LogP contribution is -2.11. The molecule has 0 aliphatic heterocycles. The Morgan fingerprint density at radius 2 is 0.947 bits per heavy atom. The normalized spacial score (nSPS) is 11.5. The molecule has 0 radical (unpaired) electrons. The summed E-state index contributed by atoms with van der Waals surface area (Å²) in [6.45, 7) is 0. The van der Waals surface area contributed by atoms with E-state index < -0.39 is 0 Å². The van der Waals surface area contributed by atoms with Crippen molar-refractivity contribution in [1.29, 1.82) is 0 Å². The lowest BCUT2D eigenvalue weighted by atomic mass is 9.99. The van der Waals surface area contributed by atoms with Crippen LogP contribution in [0.3, 0.4) is 0 Å². The van der Waals surface area contributed by atoms with Gasteiger partial charge in [-0.1, -0.05) is 152 Å². The van der Waals surface area contributed by atoms with E-state index in [-0.39, 0.29) is 0 Å². The summed E-state index contributed by atoms with van der Waals surface area (Å²) in [5, 5.41) is 4.73. The molecule has 0 bridgehead atoms. The maximum Gasteiger partial charge on any atom is 0.136 e. The van der Waals surface area contributed by atoms with Gasteiger partial charge >= 0.3 is 0 Å². The monoisotopic (exact) mass is 728 g/mol. The van der Waals surface area contributed by atoms with Gasteiger partial charge in [-0.3, -0.25) is 0 Å². The van der Waals surface area contributed by atoms with Crippen molar-refractivity contribution in [1.82, 2.24) is 4.57 Å². The van der Waals surface area contributed by atoms with Crippen LogP contribution >= 0.6 is 0 Å². The van der Waals surface area contributed by atoms with E-state index in [1.165, 1.54) is 33.0 Å². The smallest absolute Gasteiger partial charge is 0.136 e. The molecule has 0 amide bonds. The topological polar surface area (TPSA) is 21.3 Å². The van der Waals surface area contributed by atoms with E-state index >= 15 is 0 Å². The predicted octanol–water partition coefficient (Wildman–Crippen LogP) is 15.2. The van der Waals surface area contributed by atoms with E-state index in [1.807, 2.05) is 12.1 Å². The minimum Gasteiger partial charge on any atom is -0.456 e. The number of rotatable bonds is 7. The van der Waals surface area contributed by atoms with Gasteiger partial charge in [0, 0.05) is 44.2 Å². The molecule has 0 aliphatic rings. The Hall–Kier alpha value is -7.62. The second-order valence-electron chi connectivity index (χ2n) is 14.5. The van der Waals surface area contributed by atoms with E-state index in [9.17, 15) is 0 Å². The number of fused-ring (bicyclic) bond motifs is 6. The third-order valence-corrected chi connectivity index (χ3v) is 11.2. The standard InChI is InChI=1S/C54H36N2O/c1-4-15-38(16-5-1)44-21-10-12-24-49(44)55(42-30-27-37(28-31-42)40-29-33-47-46-22-11-13-26-52(46)57-53(47)35-40)43-32-34-48-51(36-43)56(41-19-8-3-9-20-41)50-25-14-23-45(54(48)50)39-17-6-2-7-18-39/h1-36H. The van der Waals surface area contributed by atoms with Gasteiger partial charge in [-0.15, -0.1) is 0 Å². The third kappa shape index (κ3) is 5.60. The van der Waals surface area contributed by atoms with Crippen molar-refractivity contribution < 1.29 is 4.42 Å². The number of furan rings is 1. The zero-order chi connectivity index (χ0) is 37.7. The first-order valence-corrected chi connectivity index (χ1v) is 19.4. The highest BCUT2D eigenvalue weighted by molar-refractivity contribution is 6.16. The first kappa shape index (κ1) is 32.8. The molecular weight excluding hydrogens is 693 g/mol. The van der Waals surface area contributed by atoms with Crippen molar-refractivity contribution in [2.75, 3.05) is 4.90 Å². The van der Waals surface area contributed by atoms with Crippen molar-refractivity contribution in [2.24, 2.45) is 0 Å². The lowest BCUT2D eigenvalue weighted by molar-refractivity contribution is 0.669. The van der Waals surface area contributed by atoms with E-state index in [2.05, 4.69) is 216 Å². The Bertz CT molecular complexity index is 3220. The molecule has 0 unspecified atom stereocenters. The molecule has 3 heteroatoms. The van der Waals surface area contributed by atoms with Crippen molar-refractivity contribution >= 4 is 60.8 Å². The zero-order valence-electron chi connectivity index (χ0n) is 31.1. The molecule has 0 fully saturated rings. The third-order valence-electron chi connectivity index (χ3n) is 11.2. The molecule has 11 rings (SSSR count). The highest BCUT2D eigenvalue weighted by Crippen LogP contribution is 2.45. The molecular formula is C54H36N2O. The number of anilines is 3. The Kier molecular flexibility index (Phi) is 7.82. The number of benzene rings is 9. The van der Waals surface area contributed by atoms with Gasteiger partial charge in [0.1, 0.15) is 11.2 Å². The number of para-hydroxylation sites is 3. The summed E-state index contributed by atoms with van der Waals surface area (Å²) in [6, 6.07) is 78.2. The molecule has 57 heavy (non-hydrogen) atoms. The van der Waals surface area contributed by atoms with Crippen LogP contribution in [0.4, 0.5) is 17.1 Å². The predicted molar refractivity (Wildman–Crippen MR) is 239 cm³/mol. The molecule has 0 N–H and O–H groups in total. The maximum atomic E-state index is 6.27. The Balaban J connectivity index is 1.12. The molecule has 0 aliphatic carbocycles. The van der Waals surface area contributed by atoms with Gasteiger partial charge < -0.3 is 13.9 Å². The van der Waals surface area contributed by atoms with Gasteiger partial charge in [-0.05, 0) is 94.5 Å². The highest BCUT2D eigenvalue weighted by atomic mass is 16.3. The van der Waals surface area contributed by atoms with Crippen molar-refractivity contribution in [2.45, 2.75) is 0 Å². The van der Waals surface area contributed by atoms with Crippen LogP contribution in [0.5, 0.6) is 0 Å². The summed E-state index contributed by atoms with van der Waals surface area (Å²) in [6.07, 6.45) is 0. The fourth-order valence-electron chi connectivity index (χ4n) is 8.57. The average molecular weight is 729 g/mol. The summed E-state index contributed by atoms with van der Waals surface area (Å²) in [5.74, 6) is 0. The second kappa shape index (κ2) is 13.6. The molecule has 2 aromatic heterocycles. The fraction of sp³-hybridized carbons (Fsp3) is 0. The molecule has 0 spiro atoms. The molecule has 3 nitrogen and oxygen atoms in total. The number of aromatic nitrogens is 1. The van der Waals surface area contributed by atoms with E-state index in [0.717, 1.165) is 66.9 Å². The van der Waals surface area contributed by atoms with Crippen LogP contribution in [0.15, 0.2) is 223 Å². The van der Waals surface area contributed by atoms with Gasteiger partial charge in [-0.2, -0.15) is 0 Å². The minimum atomic E-state index is 0.897. The van der Waals surface area contributed by atoms with Crippen molar-refractivity contribution in [3.8, 4) is 39.1 Å². The number of hydrogen-bond acceptors (Lipinski definition) is 2. The summed E-state index contributed by atoms with van der Waals surface area (Å²) in [5.41, 5.74) is 15.5. The van der Waals surface area contributed by atoms with E-state index in [1.54, 1.807) is 0 Å². The van der Waals surface area contributed by atoms with Crippen molar-refractivity contribution in [3.05, 3.63) is 218 Å². The summed E-state index contributed by atoms with van der Waals surface area (Å²) in [4.78, 5) is 2.40. The van der Waals surface area contributed by atoms with Crippen LogP contribution in [0.25, 0.3) is 82.8 Å². The summed E-state index contributed by atoms with van der Waals surface area (Å²) in [7, 11) is 0. The van der Waals surface area contributed by atoms with Crippen LogP contribution in [-0.2, 0) is 0 Å².